The third-order valence-electron chi connectivity index (χ3n) is 2.60. The molecule has 0 spiro atoms. The van der Waals surface area contributed by atoms with Crippen LogP contribution in [0.25, 0.3) is 0 Å². The zero-order valence-electron chi connectivity index (χ0n) is 11.5. The summed E-state index contributed by atoms with van der Waals surface area (Å²) in [7, 11) is 0. The van der Waals surface area contributed by atoms with Crippen molar-refractivity contribution in [1.29, 1.82) is 0 Å². The monoisotopic (exact) mass is 308 g/mol. The van der Waals surface area contributed by atoms with Crippen molar-refractivity contribution < 1.29 is 33.3 Å². The van der Waals surface area contributed by atoms with Crippen LogP contribution in [0.5, 0.6) is 0 Å². The van der Waals surface area contributed by atoms with Gasteiger partial charge < -0.3 is 18.9 Å². The lowest BCUT2D eigenvalue weighted by molar-refractivity contribution is -0.222. The Kier molecular flexibility index (Phi) is 6.22. The third kappa shape index (κ3) is 4.64. The van der Waals surface area contributed by atoms with Gasteiger partial charge in [-0.1, -0.05) is 0 Å². The maximum atomic E-state index is 11.2. The van der Waals surface area contributed by atoms with Crippen molar-refractivity contribution in [2.75, 3.05) is 12.5 Å². The number of rotatable bonds is 4. The van der Waals surface area contributed by atoms with Gasteiger partial charge in [0.1, 0.15) is 6.10 Å². The summed E-state index contributed by atoms with van der Waals surface area (Å²) in [6.07, 6.45) is -3.36. The number of carbonyl (C=O) groups is 3. The molecule has 0 bridgehead atoms. The van der Waals surface area contributed by atoms with Gasteiger partial charge in [0.2, 0.25) is 0 Å². The second kappa shape index (κ2) is 7.44. The van der Waals surface area contributed by atoms with Gasteiger partial charge in [0.15, 0.2) is 18.3 Å². The van der Waals surface area contributed by atoms with E-state index < -0.39 is 42.3 Å². The summed E-state index contributed by atoms with van der Waals surface area (Å²) in [5.74, 6) is -1.67. The van der Waals surface area contributed by atoms with Crippen LogP contribution in [0.15, 0.2) is 0 Å². The highest BCUT2D eigenvalue weighted by atomic mass is 35.5. The average Bonchev–Trinajstić information content (AvgIpc) is 2.31. The summed E-state index contributed by atoms with van der Waals surface area (Å²) in [5, 5.41) is 0. The molecule has 4 atom stereocenters. The van der Waals surface area contributed by atoms with Gasteiger partial charge in [-0.3, -0.25) is 14.4 Å². The molecule has 0 radical (unpaired) electrons. The van der Waals surface area contributed by atoms with Crippen LogP contribution in [0.1, 0.15) is 20.8 Å². The minimum Gasteiger partial charge on any atom is -0.456 e. The summed E-state index contributed by atoms with van der Waals surface area (Å²) in [6.45, 7) is 3.65. The van der Waals surface area contributed by atoms with Crippen molar-refractivity contribution in [3.63, 3.8) is 0 Å². The molecule has 1 rings (SSSR count). The van der Waals surface area contributed by atoms with Gasteiger partial charge >= 0.3 is 17.9 Å². The van der Waals surface area contributed by atoms with Gasteiger partial charge in [0, 0.05) is 20.8 Å². The molecule has 1 aliphatic rings. The lowest BCUT2D eigenvalue weighted by Crippen LogP contribution is -2.57. The number of hydrogen-bond donors (Lipinski definition) is 0. The van der Waals surface area contributed by atoms with Crippen LogP contribution in [0.4, 0.5) is 0 Å². The van der Waals surface area contributed by atoms with E-state index in [9.17, 15) is 14.4 Å². The van der Waals surface area contributed by atoms with Crippen molar-refractivity contribution in [2.24, 2.45) is 0 Å². The zero-order chi connectivity index (χ0) is 15.3. The molecule has 0 aromatic carbocycles. The number of alkyl halides is 1. The van der Waals surface area contributed by atoms with E-state index in [1.54, 1.807) is 0 Å². The van der Waals surface area contributed by atoms with E-state index in [4.69, 9.17) is 30.5 Å². The van der Waals surface area contributed by atoms with E-state index in [0.29, 0.717) is 0 Å². The Morgan fingerprint density at radius 3 is 1.95 bits per heavy atom. The largest absolute Gasteiger partial charge is 0.456 e. The second-order valence-corrected chi connectivity index (χ2v) is 4.63. The molecule has 0 saturated carbocycles. The van der Waals surface area contributed by atoms with Crippen LogP contribution in [0, 0.1) is 0 Å². The van der Waals surface area contributed by atoms with Gasteiger partial charge in [-0.15, -0.1) is 11.6 Å². The highest BCUT2D eigenvalue weighted by molar-refractivity contribution is 6.18. The fourth-order valence-corrected chi connectivity index (χ4v) is 2.21. The molecule has 1 aliphatic heterocycles. The lowest BCUT2D eigenvalue weighted by Gasteiger charge is -2.39. The Balaban J connectivity index is 2.95. The molecule has 7 nitrogen and oxygen atoms in total. The molecule has 0 unspecified atom stereocenters. The van der Waals surface area contributed by atoms with Crippen LogP contribution in [0.2, 0.25) is 0 Å². The molecular formula is C12H17ClO7. The molecule has 0 aliphatic carbocycles. The fourth-order valence-electron chi connectivity index (χ4n) is 1.95. The van der Waals surface area contributed by atoms with E-state index in [1.807, 2.05) is 0 Å². The van der Waals surface area contributed by atoms with E-state index in [1.165, 1.54) is 20.8 Å². The SMILES string of the molecule is CC(=O)O[C@H]1[C@H](OC(C)=O)[C@@H](CCl)OC[C@@H]1OC(C)=O. The zero-order valence-corrected chi connectivity index (χ0v) is 12.2. The van der Waals surface area contributed by atoms with Crippen LogP contribution in [-0.4, -0.2) is 54.8 Å². The first kappa shape index (κ1) is 16.7. The molecule has 8 heteroatoms. The Morgan fingerprint density at radius 2 is 1.50 bits per heavy atom. The van der Waals surface area contributed by atoms with Gasteiger partial charge in [-0.2, -0.15) is 0 Å². The highest BCUT2D eigenvalue weighted by Crippen LogP contribution is 2.25. The number of hydrogen-bond acceptors (Lipinski definition) is 7. The summed E-state index contributed by atoms with van der Waals surface area (Å²) in [4.78, 5) is 33.4. The quantitative estimate of drug-likeness (QED) is 0.422. The summed E-state index contributed by atoms with van der Waals surface area (Å²) in [5.41, 5.74) is 0. The summed E-state index contributed by atoms with van der Waals surface area (Å²) >= 11 is 5.75. The minimum atomic E-state index is -0.946. The topological polar surface area (TPSA) is 88.1 Å². The van der Waals surface area contributed by atoms with E-state index in [0.717, 1.165) is 0 Å². The normalized spacial score (nSPS) is 29.4. The average molecular weight is 309 g/mol. The summed E-state index contributed by atoms with van der Waals surface area (Å²) < 4.78 is 20.6. The second-order valence-electron chi connectivity index (χ2n) is 4.32. The van der Waals surface area contributed by atoms with E-state index in [-0.39, 0.29) is 12.5 Å². The molecule has 1 heterocycles. The highest BCUT2D eigenvalue weighted by Gasteiger charge is 2.46. The smallest absolute Gasteiger partial charge is 0.303 e. The Hall–Kier alpha value is -1.34. The molecule has 0 aromatic rings. The third-order valence-corrected chi connectivity index (χ3v) is 2.91. The Morgan fingerprint density at radius 1 is 1.00 bits per heavy atom. The molecule has 1 fully saturated rings. The molecule has 114 valence electrons. The standard InChI is InChI=1S/C12H17ClO7/c1-6(14)18-10-5-17-9(4-13)11(19-7(2)15)12(10)20-8(3)16/h9-12H,4-5H2,1-3H3/t9-,10+,11-,12-/m1/s1. The van der Waals surface area contributed by atoms with Gasteiger partial charge in [-0.25, -0.2) is 0 Å². The lowest BCUT2D eigenvalue weighted by atomic mass is 10.00. The van der Waals surface area contributed by atoms with Gasteiger partial charge in [0.25, 0.3) is 0 Å². The van der Waals surface area contributed by atoms with Crippen molar-refractivity contribution in [3.05, 3.63) is 0 Å². The Labute approximate surface area is 121 Å². The van der Waals surface area contributed by atoms with Gasteiger partial charge in [0.05, 0.1) is 12.5 Å². The summed E-state index contributed by atoms with van der Waals surface area (Å²) in [6, 6.07) is 0. The molecule has 0 aromatic heterocycles. The van der Waals surface area contributed by atoms with Crippen molar-refractivity contribution in [3.8, 4) is 0 Å². The van der Waals surface area contributed by atoms with Crippen LogP contribution >= 0.6 is 11.6 Å². The minimum absolute atomic E-state index is 0.00663. The number of ether oxygens (including phenoxy) is 4. The van der Waals surface area contributed by atoms with Crippen molar-refractivity contribution >= 4 is 29.5 Å². The van der Waals surface area contributed by atoms with E-state index in [2.05, 4.69) is 0 Å². The van der Waals surface area contributed by atoms with Crippen LogP contribution in [0.3, 0.4) is 0 Å². The fraction of sp³-hybridized carbons (Fsp3) is 0.750. The molecular weight excluding hydrogens is 292 g/mol. The number of carbonyl (C=O) groups excluding carboxylic acids is 3. The van der Waals surface area contributed by atoms with E-state index >= 15 is 0 Å². The number of esters is 3. The molecule has 1 saturated heterocycles. The molecule has 0 amide bonds. The molecule has 20 heavy (non-hydrogen) atoms. The Bertz CT molecular complexity index is 384. The van der Waals surface area contributed by atoms with Crippen LogP contribution < -0.4 is 0 Å². The van der Waals surface area contributed by atoms with Crippen molar-refractivity contribution in [2.45, 2.75) is 45.2 Å². The first-order valence-corrected chi connectivity index (χ1v) is 6.57. The first-order chi connectivity index (χ1) is 9.35. The van der Waals surface area contributed by atoms with Gasteiger partial charge in [-0.05, 0) is 0 Å². The molecule has 0 N–H and O–H groups in total. The number of halogens is 1. The predicted molar refractivity (Wildman–Crippen MR) is 67.1 cm³/mol. The predicted octanol–water partition coefficient (Wildman–Crippen LogP) is 0.419. The maximum Gasteiger partial charge on any atom is 0.303 e. The first-order valence-electron chi connectivity index (χ1n) is 6.04. The van der Waals surface area contributed by atoms with Crippen molar-refractivity contribution in [1.82, 2.24) is 0 Å². The van der Waals surface area contributed by atoms with Crippen LogP contribution in [-0.2, 0) is 33.3 Å². The maximum absolute atomic E-state index is 11.2.